The fraction of sp³-hybridized carbons (Fsp3) is 0.417. The molecule has 2 heterocycles. The summed E-state index contributed by atoms with van der Waals surface area (Å²) in [4.78, 5) is 18.2. The zero-order valence-corrected chi connectivity index (χ0v) is 20.8. The van der Waals surface area contributed by atoms with E-state index in [4.69, 9.17) is 5.73 Å². The number of hydrogen-bond donors (Lipinski definition) is 6. The maximum atomic E-state index is 11.8. The third kappa shape index (κ3) is 6.65. The van der Waals surface area contributed by atoms with E-state index in [1.54, 1.807) is 6.07 Å². The van der Waals surface area contributed by atoms with Gasteiger partial charge in [0.05, 0.1) is 18.0 Å². The molecule has 7 N–H and O–H groups in total. The normalized spacial score (nSPS) is 19.6. The zero-order valence-electron chi connectivity index (χ0n) is 20.0. The third-order valence-corrected chi connectivity index (χ3v) is 6.97. The van der Waals surface area contributed by atoms with Crippen LogP contribution in [0.1, 0.15) is 30.1 Å². The largest absolute Gasteiger partial charge is 0.506 e. The molecular formula is C24H32N6O5S. The van der Waals surface area contributed by atoms with Crippen molar-refractivity contribution in [3.63, 3.8) is 0 Å². The second kappa shape index (κ2) is 10.7. The summed E-state index contributed by atoms with van der Waals surface area (Å²) < 4.78 is 25.2. The van der Waals surface area contributed by atoms with Gasteiger partial charge in [-0.3, -0.25) is 14.8 Å². The SMILES string of the molecule is CS(=O)(=O)Nc1cc(C(O)CNC2CCN(c3ccc(CC4N=C(N)NC4=O)cc3)CC2)ccc1O. The summed E-state index contributed by atoms with van der Waals surface area (Å²) in [6, 6.07) is 12.3. The number of guanidine groups is 1. The van der Waals surface area contributed by atoms with E-state index >= 15 is 0 Å². The number of nitrogens with two attached hydrogens (primary N) is 1. The highest BCUT2D eigenvalue weighted by Crippen LogP contribution is 2.28. The average Bonchev–Trinajstić information content (AvgIpc) is 3.15. The van der Waals surface area contributed by atoms with Crippen LogP contribution in [0.5, 0.6) is 5.75 Å². The molecule has 2 aliphatic rings. The Kier molecular flexibility index (Phi) is 7.67. The number of aromatic hydroxyl groups is 1. The summed E-state index contributed by atoms with van der Waals surface area (Å²) in [5.41, 5.74) is 8.24. The lowest BCUT2D eigenvalue weighted by Gasteiger charge is -2.34. The molecule has 0 radical (unpaired) electrons. The van der Waals surface area contributed by atoms with Gasteiger partial charge in [0.2, 0.25) is 10.0 Å². The molecule has 0 spiro atoms. The minimum atomic E-state index is -3.55. The van der Waals surface area contributed by atoms with Gasteiger partial charge in [0.25, 0.3) is 5.91 Å². The number of sulfonamides is 1. The molecule has 12 heteroatoms. The van der Waals surface area contributed by atoms with Gasteiger partial charge in [0.1, 0.15) is 11.8 Å². The number of hydrogen-bond acceptors (Lipinski definition) is 9. The fourth-order valence-electron chi connectivity index (χ4n) is 4.45. The lowest BCUT2D eigenvalue weighted by molar-refractivity contribution is -0.120. The predicted octanol–water partition coefficient (Wildman–Crippen LogP) is 0.411. The Morgan fingerprint density at radius 3 is 2.50 bits per heavy atom. The number of nitrogens with zero attached hydrogens (tertiary/aromatic N) is 2. The molecule has 36 heavy (non-hydrogen) atoms. The number of aliphatic hydroxyl groups is 1. The van der Waals surface area contributed by atoms with Crippen molar-refractivity contribution in [2.45, 2.75) is 37.5 Å². The quantitative estimate of drug-likeness (QED) is 0.260. The number of benzene rings is 2. The summed E-state index contributed by atoms with van der Waals surface area (Å²) in [6.45, 7) is 2.03. The Balaban J connectivity index is 1.25. The number of aliphatic imine (C=N–C) groups is 1. The van der Waals surface area contributed by atoms with Crippen LogP contribution in [0, 0.1) is 0 Å². The summed E-state index contributed by atoms with van der Waals surface area (Å²) in [7, 11) is -3.55. The molecule has 2 aliphatic heterocycles. The van der Waals surface area contributed by atoms with Gasteiger partial charge in [0.15, 0.2) is 5.96 Å². The molecule has 4 rings (SSSR count). The van der Waals surface area contributed by atoms with E-state index in [1.165, 1.54) is 12.1 Å². The number of amides is 1. The molecule has 2 aromatic rings. The molecule has 2 aromatic carbocycles. The van der Waals surface area contributed by atoms with E-state index < -0.39 is 22.2 Å². The molecular weight excluding hydrogens is 484 g/mol. The van der Waals surface area contributed by atoms with Crippen molar-refractivity contribution in [3.8, 4) is 5.75 Å². The van der Waals surface area contributed by atoms with E-state index in [2.05, 4.69) is 37.4 Å². The van der Waals surface area contributed by atoms with Crippen LogP contribution in [0.2, 0.25) is 0 Å². The molecule has 194 valence electrons. The van der Waals surface area contributed by atoms with E-state index in [0.29, 0.717) is 18.5 Å². The maximum Gasteiger partial charge on any atom is 0.251 e. The number of carbonyl (C=O) groups is 1. The van der Waals surface area contributed by atoms with E-state index in [0.717, 1.165) is 43.4 Å². The van der Waals surface area contributed by atoms with Gasteiger partial charge in [-0.25, -0.2) is 13.4 Å². The minimum Gasteiger partial charge on any atom is -0.506 e. The van der Waals surface area contributed by atoms with E-state index in [9.17, 15) is 23.4 Å². The fourth-order valence-corrected chi connectivity index (χ4v) is 5.02. The Morgan fingerprint density at radius 1 is 1.19 bits per heavy atom. The van der Waals surface area contributed by atoms with Gasteiger partial charge in [0, 0.05) is 37.8 Å². The van der Waals surface area contributed by atoms with Crippen molar-refractivity contribution in [2.75, 3.05) is 35.5 Å². The minimum absolute atomic E-state index is 0.0387. The van der Waals surface area contributed by atoms with Crippen LogP contribution in [0.25, 0.3) is 0 Å². The Bertz CT molecular complexity index is 1230. The smallest absolute Gasteiger partial charge is 0.251 e. The topological polar surface area (TPSA) is 169 Å². The molecule has 0 aromatic heterocycles. The summed E-state index contributed by atoms with van der Waals surface area (Å²) in [5.74, 6) is -0.206. The zero-order chi connectivity index (χ0) is 25.9. The number of carbonyl (C=O) groups excluding carboxylic acids is 1. The molecule has 0 aliphatic carbocycles. The van der Waals surface area contributed by atoms with Gasteiger partial charge >= 0.3 is 0 Å². The average molecular weight is 517 g/mol. The monoisotopic (exact) mass is 516 g/mol. The number of aliphatic hydroxyl groups excluding tert-OH is 1. The van der Waals surface area contributed by atoms with Crippen LogP contribution in [0.15, 0.2) is 47.5 Å². The molecule has 1 saturated heterocycles. The first-order chi connectivity index (χ1) is 17.1. The van der Waals surface area contributed by atoms with Crippen molar-refractivity contribution < 1.29 is 23.4 Å². The predicted molar refractivity (Wildman–Crippen MR) is 138 cm³/mol. The second-order valence-electron chi connectivity index (χ2n) is 9.23. The van der Waals surface area contributed by atoms with Gasteiger partial charge in [-0.1, -0.05) is 18.2 Å². The van der Waals surface area contributed by atoms with Crippen molar-refractivity contribution in [2.24, 2.45) is 10.7 Å². The summed E-state index contributed by atoms with van der Waals surface area (Å²) in [6.07, 6.45) is 2.47. The molecule has 11 nitrogen and oxygen atoms in total. The number of piperidine rings is 1. The van der Waals surface area contributed by atoms with Crippen LogP contribution in [-0.4, -0.2) is 68.5 Å². The number of rotatable bonds is 9. The highest BCUT2D eigenvalue weighted by molar-refractivity contribution is 7.92. The first-order valence-electron chi connectivity index (χ1n) is 11.8. The van der Waals surface area contributed by atoms with Crippen molar-refractivity contribution >= 4 is 33.3 Å². The third-order valence-electron chi connectivity index (χ3n) is 6.37. The highest BCUT2D eigenvalue weighted by Gasteiger charge is 2.25. The van der Waals surface area contributed by atoms with Gasteiger partial charge in [-0.15, -0.1) is 0 Å². The number of anilines is 2. The van der Waals surface area contributed by atoms with Crippen LogP contribution < -0.4 is 26.0 Å². The first-order valence-corrected chi connectivity index (χ1v) is 13.7. The molecule has 1 amide bonds. The Labute approximate surface area is 210 Å². The standard InChI is InChI=1S/C24H32N6O5S/c1-36(34,35)29-19-13-16(4-7-21(19)31)22(32)14-26-17-8-10-30(11-9-17)18-5-2-15(3-6-18)12-20-23(33)28-24(25)27-20/h2-7,13,17,20,22,26,29,31-32H,8-12,14H2,1H3,(H3,25,27,28,33). The van der Waals surface area contributed by atoms with Gasteiger partial charge < -0.3 is 26.2 Å². The van der Waals surface area contributed by atoms with Gasteiger partial charge in [-0.05, 0) is 48.2 Å². The highest BCUT2D eigenvalue weighted by atomic mass is 32.2. The first kappa shape index (κ1) is 25.7. The van der Waals surface area contributed by atoms with Crippen molar-refractivity contribution in [1.29, 1.82) is 0 Å². The second-order valence-corrected chi connectivity index (χ2v) is 11.0. The Hall–Kier alpha value is -3.35. The van der Waals surface area contributed by atoms with Crippen LogP contribution in [-0.2, 0) is 21.2 Å². The summed E-state index contributed by atoms with van der Waals surface area (Å²) >= 11 is 0. The van der Waals surface area contributed by atoms with Crippen molar-refractivity contribution in [1.82, 2.24) is 10.6 Å². The number of nitrogens with one attached hydrogen (secondary N) is 3. The lowest BCUT2D eigenvalue weighted by Crippen LogP contribution is -2.43. The van der Waals surface area contributed by atoms with Crippen molar-refractivity contribution in [3.05, 3.63) is 53.6 Å². The van der Waals surface area contributed by atoms with Crippen LogP contribution >= 0.6 is 0 Å². The summed E-state index contributed by atoms with van der Waals surface area (Å²) in [5, 5.41) is 26.4. The molecule has 0 bridgehead atoms. The van der Waals surface area contributed by atoms with Crippen LogP contribution in [0.4, 0.5) is 11.4 Å². The Morgan fingerprint density at radius 2 is 1.89 bits per heavy atom. The van der Waals surface area contributed by atoms with Crippen LogP contribution in [0.3, 0.4) is 0 Å². The maximum absolute atomic E-state index is 11.8. The van der Waals surface area contributed by atoms with E-state index in [1.807, 2.05) is 12.1 Å². The molecule has 0 saturated carbocycles. The molecule has 2 atom stereocenters. The number of phenols is 1. The van der Waals surface area contributed by atoms with Gasteiger partial charge in [-0.2, -0.15) is 0 Å². The molecule has 1 fully saturated rings. The lowest BCUT2D eigenvalue weighted by atomic mass is 10.0. The molecule has 2 unspecified atom stereocenters. The van der Waals surface area contributed by atoms with E-state index in [-0.39, 0.29) is 29.3 Å². The number of phenolic OH excluding ortho intramolecular Hbond substituents is 1.